The Morgan fingerprint density at radius 3 is 2.85 bits per heavy atom. The van der Waals surface area contributed by atoms with E-state index in [2.05, 4.69) is 20.4 Å². The third kappa shape index (κ3) is 2.72. The van der Waals surface area contributed by atoms with Crippen molar-refractivity contribution in [3.63, 3.8) is 0 Å². The van der Waals surface area contributed by atoms with Crippen LogP contribution in [0.4, 0.5) is 11.8 Å². The summed E-state index contributed by atoms with van der Waals surface area (Å²) < 4.78 is 1.77. The van der Waals surface area contributed by atoms with Gasteiger partial charge in [0.25, 0.3) is 0 Å². The van der Waals surface area contributed by atoms with Gasteiger partial charge < -0.3 is 16.8 Å². The second-order valence-electron chi connectivity index (χ2n) is 5.34. The van der Waals surface area contributed by atoms with Gasteiger partial charge in [0.2, 0.25) is 5.95 Å². The number of anilines is 2. The number of nitrogens with zero attached hydrogens (tertiary/aromatic N) is 4. The van der Waals surface area contributed by atoms with Crippen molar-refractivity contribution >= 4 is 11.8 Å². The number of aromatic nitrogens is 4. The smallest absolute Gasteiger partial charge is 0.222 e. The van der Waals surface area contributed by atoms with E-state index in [1.165, 1.54) is 0 Å². The molecule has 2 aromatic heterocycles. The van der Waals surface area contributed by atoms with Crippen LogP contribution in [0.1, 0.15) is 30.0 Å². The molecule has 0 aliphatic heterocycles. The quantitative estimate of drug-likeness (QED) is 0.753. The van der Waals surface area contributed by atoms with Crippen molar-refractivity contribution in [2.24, 2.45) is 12.8 Å². The summed E-state index contributed by atoms with van der Waals surface area (Å²) in [6.07, 6.45) is 5.73. The highest BCUT2D eigenvalue weighted by molar-refractivity contribution is 5.42. The van der Waals surface area contributed by atoms with E-state index in [4.69, 9.17) is 11.5 Å². The van der Waals surface area contributed by atoms with E-state index in [9.17, 15) is 0 Å². The zero-order valence-electron chi connectivity index (χ0n) is 11.5. The van der Waals surface area contributed by atoms with Crippen LogP contribution in [0.25, 0.3) is 0 Å². The fraction of sp³-hybridized carbons (Fsp3) is 0.462. The van der Waals surface area contributed by atoms with E-state index < -0.39 is 0 Å². The van der Waals surface area contributed by atoms with Crippen molar-refractivity contribution < 1.29 is 0 Å². The van der Waals surface area contributed by atoms with Crippen molar-refractivity contribution in [1.82, 2.24) is 19.7 Å². The molecule has 0 saturated heterocycles. The summed E-state index contributed by atoms with van der Waals surface area (Å²) in [4.78, 5) is 8.52. The Morgan fingerprint density at radius 2 is 2.20 bits per heavy atom. The first kappa shape index (κ1) is 12.9. The first-order valence-corrected chi connectivity index (χ1v) is 6.71. The Morgan fingerprint density at radius 1 is 1.40 bits per heavy atom. The maximum Gasteiger partial charge on any atom is 0.222 e. The highest BCUT2D eigenvalue weighted by Gasteiger charge is 2.29. The van der Waals surface area contributed by atoms with E-state index in [0.29, 0.717) is 24.5 Å². The Kier molecular flexibility index (Phi) is 3.27. The summed E-state index contributed by atoms with van der Waals surface area (Å²) in [6, 6.07) is 2.26. The highest BCUT2D eigenvalue weighted by Crippen LogP contribution is 2.35. The van der Waals surface area contributed by atoms with Crippen molar-refractivity contribution in [1.29, 1.82) is 0 Å². The van der Waals surface area contributed by atoms with Crippen molar-refractivity contribution in [2.75, 3.05) is 11.1 Å². The molecular weight excluding hydrogens is 254 g/mol. The monoisotopic (exact) mass is 273 g/mol. The minimum atomic E-state index is 0.294. The van der Waals surface area contributed by atoms with Gasteiger partial charge in [0.1, 0.15) is 5.82 Å². The first-order valence-electron chi connectivity index (χ1n) is 6.71. The lowest BCUT2D eigenvalue weighted by Gasteiger charge is -2.32. The third-order valence-corrected chi connectivity index (χ3v) is 3.59. The van der Waals surface area contributed by atoms with Gasteiger partial charge in [-0.2, -0.15) is 10.1 Å². The number of nitrogens with one attached hydrogen (secondary N) is 1. The lowest BCUT2D eigenvalue weighted by molar-refractivity contribution is 0.345. The fourth-order valence-corrected chi connectivity index (χ4v) is 2.44. The normalized spacial score (nSPS) is 21.5. The van der Waals surface area contributed by atoms with Crippen LogP contribution in [-0.2, 0) is 13.6 Å². The molecule has 106 valence electrons. The predicted molar refractivity (Wildman–Crippen MR) is 76.9 cm³/mol. The van der Waals surface area contributed by atoms with Gasteiger partial charge in [-0.25, -0.2) is 4.98 Å². The molecule has 20 heavy (non-hydrogen) atoms. The lowest BCUT2D eigenvalue weighted by Crippen LogP contribution is -2.35. The molecule has 1 saturated carbocycles. The molecular formula is C13H19N7. The van der Waals surface area contributed by atoms with E-state index in [1.54, 1.807) is 4.68 Å². The molecule has 0 amide bonds. The largest absolute Gasteiger partial charge is 0.368 e. The minimum absolute atomic E-state index is 0.294. The van der Waals surface area contributed by atoms with Gasteiger partial charge in [-0.15, -0.1) is 0 Å². The molecule has 2 heterocycles. The molecule has 0 bridgehead atoms. The number of hydrogen-bond donors (Lipinski definition) is 3. The van der Waals surface area contributed by atoms with Crippen LogP contribution < -0.4 is 16.8 Å². The van der Waals surface area contributed by atoms with Crippen LogP contribution in [-0.4, -0.2) is 25.8 Å². The van der Waals surface area contributed by atoms with Crippen LogP contribution in [0.3, 0.4) is 0 Å². The number of nitrogens with two attached hydrogens (primary N) is 2. The molecule has 2 aromatic rings. The van der Waals surface area contributed by atoms with E-state index >= 15 is 0 Å². The molecule has 1 aliphatic rings. The van der Waals surface area contributed by atoms with Crippen molar-refractivity contribution in [3.8, 4) is 0 Å². The highest BCUT2D eigenvalue weighted by atomic mass is 15.2. The zero-order chi connectivity index (χ0) is 14.1. The average molecular weight is 273 g/mol. The SMILES string of the molecule is Cn1cc(CNc2cc(C3CC(N)C3)nc(N)n2)cn1. The third-order valence-electron chi connectivity index (χ3n) is 3.59. The lowest BCUT2D eigenvalue weighted by atomic mass is 9.78. The predicted octanol–water partition coefficient (Wildman–Crippen LogP) is 0.609. The van der Waals surface area contributed by atoms with Gasteiger partial charge in [0, 0.05) is 43.4 Å². The Hall–Kier alpha value is -2.15. The van der Waals surface area contributed by atoms with Gasteiger partial charge in [0.15, 0.2) is 0 Å². The van der Waals surface area contributed by atoms with Gasteiger partial charge in [-0.3, -0.25) is 4.68 Å². The molecule has 0 atom stereocenters. The number of rotatable bonds is 4. The molecule has 0 unspecified atom stereocenters. The zero-order valence-corrected chi connectivity index (χ0v) is 11.5. The standard InChI is InChI=1S/C13H19N7/c1-20-7-8(6-17-20)5-16-12-4-11(18-13(15)19-12)9-2-10(14)3-9/h4,6-7,9-10H,2-3,5,14H2,1H3,(H3,15,16,18,19). The van der Waals surface area contributed by atoms with Gasteiger partial charge in [-0.05, 0) is 12.8 Å². The maximum absolute atomic E-state index is 5.82. The molecule has 0 spiro atoms. The average Bonchev–Trinajstić information content (AvgIpc) is 2.78. The maximum atomic E-state index is 5.82. The van der Waals surface area contributed by atoms with Gasteiger partial charge >= 0.3 is 0 Å². The molecule has 7 nitrogen and oxygen atoms in total. The Bertz CT molecular complexity index is 601. The molecule has 7 heteroatoms. The second kappa shape index (κ2) is 5.09. The molecule has 0 aromatic carbocycles. The number of hydrogen-bond acceptors (Lipinski definition) is 6. The van der Waals surface area contributed by atoms with Crippen LogP contribution in [0.2, 0.25) is 0 Å². The van der Waals surface area contributed by atoms with Crippen molar-refractivity contribution in [3.05, 3.63) is 29.7 Å². The summed E-state index contributed by atoms with van der Waals surface area (Å²) in [5, 5.41) is 7.38. The number of nitrogen functional groups attached to an aromatic ring is 1. The summed E-state index contributed by atoms with van der Waals surface area (Å²) in [6.45, 7) is 0.661. The molecule has 1 aliphatic carbocycles. The molecule has 3 rings (SSSR count). The topological polar surface area (TPSA) is 108 Å². The minimum Gasteiger partial charge on any atom is -0.368 e. The summed E-state index contributed by atoms with van der Waals surface area (Å²) >= 11 is 0. The van der Waals surface area contributed by atoms with Gasteiger partial charge in [0.05, 0.1) is 11.9 Å². The van der Waals surface area contributed by atoms with E-state index in [0.717, 1.165) is 29.9 Å². The van der Waals surface area contributed by atoms with Crippen molar-refractivity contribution in [2.45, 2.75) is 31.3 Å². The summed E-state index contributed by atoms with van der Waals surface area (Å²) in [7, 11) is 1.89. The van der Waals surface area contributed by atoms with E-state index in [-0.39, 0.29) is 0 Å². The second-order valence-corrected chi connectivity index (χ2v) is 5.34. The Balaban J connectivity index is 1.69. The van der Waals surface area contributed by atoms with Gasteiger partial charge in [-0.1, -0.05) is 0 Å². The van der Waals surface area contributed by atoms with Crippen LogP contribution in [0, 0.1) is 0 Å². The summed E-state index contributed by atoms with van der Waals surface area (Å²) in [5.41, 5.74) is 13.7. The molecule has 5 N–H and O–H groups in total. The molecule has 1 fully saturated rings. The van der Waals surface area contributed by atoms with Crippen LogP contribution in [0.5, 0.6) is 0 Å². The summed E-state index contributed by atoms with van der Waals surface area (Å²) in [5.74, 6) is 1.46. The molecule has 0 radical (unpaired) electrons. The first-order chi connectivity index (χ1) is 9.60. The van der Waals surface area contributed by atoms with E-state index in [1.807, 2.05) is 25.5 Å². The number of aryl methyl sites for hydroxylation is 1. The van der Waals surface area contributed by atoms with Crippen LogP contribution >= 0.6 is 0 Å². The fourth-order valence-electron chi connectivity index (χ4n) is 2.44. The Labute approximate surface area is 117 Å². The van der Waals surface area contributed by atoms with Crippen LogP contribution in [0.15, 0.2) is 18.5 Å².